The molecule has 0 spiro atoms. The number of halogens is 4. The number of aliphatic imine (C=N–C) groups is 1. The van der Waals surface area contributed by atoms with Gasteiger partial charge in [0.25, 0.3) is 0 Å². The summed E-state index contributed by atoms with van der Waals surface area (Å²) in [7, 11) is 1.46. The molecule has 1 saturated heterocycles. The zero-order valence-corrected chi connectivity index (χ0v) is 17.3. The third-order valence-corrected chi connectivity index (χ3v) is 5.77. The summed E-state index contributed by atoms with van der Waals surface area (Å²) in [5.74, 6) is -0.695. The fourth-order valence-electron chi connectivity index (χ4n) is 2.79. The topological polar surface area (TPSA) is 61.8 Å². The van der Waals surface area contributed by atoms with Crippen LogP contribution in [0.2, 0.25) is 5.02 Å². The average molecular weight is 456 g/mol. The Kier molecular flexibility index (Phi) is 6.72. The molecule has 30 heavy (non-hydrogen) atoms. The van der Waals surface area contributed by atoms with E-state index in [0.717, 1.165) is 29.5 Å². The summed E-state index contributed by atoms with van der Waals surface area (Å²) in [6.07, 6.45) is -4.56. The lowest BCUT2D eigenvalue weighted by Crippen LogP contribution is -2.45. The molecular formula is C20H17ClF3N3O2S. The Labute approximate surface area is 180 Å². The lowest BCUT2D eigenvalue weighted by atomic mass is 10.2. The first-order chi connectivity index (χ1) is 14.2. The van der Waals surface area contributed by atoms with Crippen molar-refractivity contribution in [3.05, 3.63) is 64.7 Å². The van der Waals surface area contributed by atoms with Crippen molar-refractivity contribution in [1.29, 1.82) is 0 Å². The minimum Gasteiger partial charge on any atom is -0.358 e. The second kappa shape index (κ2) is 9.09. The van der Waals surface area contributed by atoms with Gasteiger partial charge in [0.15, 0.2) is 5.17 Å². The number of rotatable bonds is 4. The highest BCUT2D eigenvalue weighted by atomic mass is 35.5. The molecule has 1 fully saturated rings. The zero-order valence-electron chi connectivity index (χ0n) is 15.7. The van der Waals surface area contributed by atoms with Crippen molar-refractivity contribution in [2.75, 3.05) is 7.05 Å². The van der Waals surface area contributed by atoms with Crippen LogP contribution in [-0.4, -0.2) is 34.2 Å². The fraction of sp³-hybridized carbons (Fsp3) is 0.250. The largest absolute Gasteiger partial charge is 0.416 e. The molecule has 1 aliphatic heterocycles. The third-order valence-electron chi connectivity index (χ3n) is 4.33. The minimum absolute atomic E-state index is 0.0405. The number of nitrogens with one attached hydrogen (secondary N) is 1. The molecule has 1 heterocycles. The fourth-order valence-corrected chi connectivity index (χ4v) is 4.08. The van der Waals surface area contributed by atoms with Crippen LogP contribution in [-0.2, 0) is 22.3 Å². The molecule has 0 bridgehead atoms. The molecular weight excluding hydrogens is 439 g/mol. The molecule has 1 aliphatic rings. The number of benzene rings is 2. The van der Waals surface area contributed by atoms with Crippen LogP contribution in [0.5, 0.6) is 0 Å². The SMILES string of the molecule is CNC(=O)C1CC(=O)N(Cc2ccc(Cl)cc2)C(=Nc2cccc(C(F)(F)F)c2)S1. The van der Waals surface area contributed by atoms with E-state index in [0.29, 0.717) is 5.02 Å². The van der Waals surface area contributed by atoms with Gasteiger partial charge in [0, 0.05) is 18.5 Å². The molecule has 1 unspecified atom stereocenters. The van der Waals surface area contributed by atoms with E-state index >= 15 is 0 Å². The number of amides is 2. The van der Waals surface area contributed by atoms with Crippen molar-refractivity contribution < 1.29 is 22.8 Å². The molecule has 0 radical (unpaired) electrons. The van der Waals surface area contributed by atoms with Crippen LogP contribution in [0.4, 0.5) is 18.9 Å². The Hall–Kier alpha value is -2.52. The highest BCUT2D eigenvalue weighted by Gasteiger charge is 2.36. The van der Waals surface area contributed by atoms with E-state index in [1.165, 1.54) is 24.1 Å². The van der Waals surface area contributed by atoms with Gasteiger partial charge in [-0.05, 0) is 35.9 Å². The molecule has 1 N–H and O–H groups in total. The molecule has 0 saturated carbocycles. The molecule has 2 amide bonds. The summed E-state index contributed by atoms with van der Waals surface area (Å²) in [5, 5.41) is 2.48. The Bertz CT molecular complexity index is 980. The summed E-state index contributed by atoms with van der Waals surface area (Å²) in [6, 6.07) is 11.4. The Morgan fingerprint density at radius 3 is 2.60 bits per heavy atom. The van der Waals surface area contributed by atoms with Crippen LogP contribution in [0.3, 0.4) is 0 Å². The van der Waals surface area contributed by atoms with Crippen LogP contribution >= 0.6 is 23.4 Å². The standard InChI is InChI=1S/C20H17ClF3N3O2S/c1-25-18(29)16-10-17(28)27(11-12-5-7-14(21)8-6-12)19(30-16)26-15-4-2-3-13(9-15)20(22,23)24/h2-9,16H,10-11H2,1H3,(H,25,29). The van der Waals surface area contributed by atoms with E-state index in [-0.39, 0.29) is 35.6 Å². The van der Waals surface area contributed by atoms with E-state index < -0.39 is 17.0 Å². The van der Waals surface area contributed by atoms with Crippen molar-refractivity contribution in [3.63, 3.8) is 0 Å². The van der Waals surface area contributed by atoms with Gasteiger partial charge in [-0.2, -0.15) is 13.2 Å². The predicted molar refractivity (Wildman–Crippen MR) is 111 cm³/mol. The second-order valence-electron chi connectivity index (χ2n) is 6.47. The Balaban J connectivity index is 1.97. The molecule has 0 aliphatic carbocycles. The number of carbonyl (C=O) groups is 2. The second-order valence-corrected chi connectivity index (χ2v) is 8.08. The molecule has 2 aromatic rings. The quantitative estimate of drug-likeness (QED) is 0.731. The van der Waals surface area contributed by atoms with Crippen molar-refractivity contribution in [2.45, 2.75) is 24.4 Å². The predicted octanol–water partition coefficient (Wildman–Crippen LogP) is 4.63. The van der Waals surface area contributed by atoms with Gasteiger partial charge in [0.1, 0.15) is 0 Å². The molecule has 5 nitrogen and oxygen atoms in total. The van der Waals surface area contributed by atoms with E-state index in [1.54, 1.807) is 24.3 Å². The van der Waals surface area contributed by atoms with Crippen molar-refractivity contribution in [1.82, 2.24) is 10.2 Å². The van der Waals surface area contributed by atoms with E-state index in [2.05, 4.69) is 10.3 Å². The molecule has 158 valence electrons. The maximum atomic E-state index is 13.0. The van der Waals surface area contributed by atoms with Gasteiger partial charge in [-0.15, -0.1) is 0 Å². The summed E-state index contributed by atoms with van der Waals surface area (Å²) in [4.78, 5) is 30.5. The van der Waals surface area contributed by atoms with Crippen LogP contribution in [0.25, 0.3) is 0 Å². The summed E-state index contributed by atoms with van der Waals surface area (Å²) >= 11 is 6.94. The first kappa shape index (κ1) is 22.2. The van der Waals surface area contributed by atoms with Crippen molar-refractivity contribution in [2.24, 2.45) is 4.99 Å². The maximum Gasteiger partial charge on any atom is 0.416 e. The van der Waals surface area contributed by atoms with Crippen LogP contribution in [0, 0.1) is 0 Å². The van der Waals surface area contributed by atoms with Gasteiger partial charge < -0.3 is 5.32 Å². The molecule has 10 heteroatoms. The third kappa shape index (κ3) is 5.34. The number of hydrogen-bond acceptors (Lipinski definition) is 4. The number of carbonyl (C=O) groups excluding carboxylic acids is 2. The van der Waals surface area contributed by atoms with E-state index in [9.17, 15) is 22.8 Å². The first-order valence-electron chi connectivity index (χ1n) is 8.86. The van der Waals surface area contributed by atoms with Crippen LogP contribution in [0.15, 0.2) is 53.5 Å². The van der Waals surface area contributed by atoms with Gasteiger partial charge in [-0.25, -0.2) is 4.99 Å². The molecule has 1 atom stereocenters. The minimum atomic E-state index is -4.51. The number of alkyl halides is 3. The van der Waals surface area contributed by atoms with Gasteiger partial charge in [-0.3, -0.25) is 14.5 Å². The van der Waals surface area contributed by atoms with Gasteiger partial charge >= 0.3 is 6.18 Å². The highest BCUT2D eigenvalue weighted by molar-refractivity contribution is 8.15. The van der Waals surface area contributed by atoms with Crippen molar-refractivity contribution >= 4 is 46.0 Å². The van der Waals surface area contributed by atoms with Crippen LogP contribution in [0.1, 0.15) is 17.5 Å². The van der Waals surface area contributed by atoms with Crippen LogP contribution < -0.4 is 5.32 Å². The van der Waals surface area contributed by atoms with E-state index in [4.69, 9.17) is 11.6 Å². The first-order valence-corrected chi connectivity index (χ1v) is 10.1. The summed E-state index contributed by atoms with van der Waals surface area (Å²) < 4.78 is 39.1. The highest BCUT2D eigenvalue weighted by Crippen LogP contribution is 2.34. The normalized spacial score (nSPS) is 18.6. The summed E-state index contributed by atoms with van der Waals surface area (Å²) in [6.45, 7) is 0.154. The van der Waals surface area contributed by atoms with Gasteiger partial charge in [0.05, 0.1) is 23.0 Å². The molecule has 3 rings (SSSR count). The molecule has 0 aromatic heterocycles. The number of thioether (sulfide) groups is 1. The Morgan fingerprint density at radius 2 is 1.97 bits per heavy atom. The maximum absolute atomic E-state index is 13.0. The lowest BCUT2D eigenvalue weighted by molar-refractivity contribution is -0.137. The van der Waals surface area contributed by atoms with Gasteiger partial charge in [0.2, 0.25) is 11.8 Å². The van der Waals surface area contributed by atoms with Crippen molar-refractivity contribution in [3.8, 4) is 0 Å². The average Bonchev–Trinajstić information content (AvgIpc) is 2.70. The Morgan fingerprint density at radius 1 is 1.27 bits per heavy atom. The zero-order chi connectivity index (χ0) is 21.9. The monoisotopic (exact) mass is 455 g/mol. The number of hydrogen-bond donors (Lipinski definition) is 1. The number of nitrogens with zero attached hydrogens (tertiary/aromatic N) is 2. The summed E-state index contributed by atoms with van der Waals surface area (Å²) in [5.41, 5.74) is -0.0362. The van der Waals surface area contributed by atoms with E-state index in [1.807, 2.05) is 0 Å². The smallest absolute Gasteiger partial charge is 0.358 e. The van der Waals surface area contributed by atoms with Gasteiger partial charge in [-0.1, -0.05) is 41.6 Å². The number of amidine groups is 1. The lowest BCUT2D eigenvalue weighted by Gasteiger charge is -2.31. The molecule has 2 aromatic carbocycles.